The van der Waals surface area contributed by atoms with Crippen molar-refractivity contribution in [3.63, 3.8) is 0 Å². The van der Waals surface area contributed by atoms with Crippen molar-refractivity contribution in [2.75, 3.05) is 5.32 Å². The Hall–Kier alpha value is -3.62. The number of amides is 2. The van der Waals surface area contributed by atoms with Crippen LogP contribution in [0.4, 0.5) is 14.5 Å². The van der Waals surface area contributed by atoms with Gasteiger partial charge in [0.15, 0.2) is 17.3 Å². The third kappa shape index (κ3) is 5.01. The molecule has 0 spiro atoms. The van der Waals surface area contributed by atoms with Gasteiger partial charge in [-0.2, -0.15) is 0 Å². The van der Waals surface area contributed by atoms with Gasteiger partial charge in [-0.25, -0.2) is 13.5 Å². The van der Waals surface area contributed by atoms with Crippen LogP contribution in [0, 0.1) is 25.5 Å². The highest BCUT2D eigenvalue weighted by Crippen LogP contribution is 2.15. The van der Waals surface area contributed by atoms with E-state index in [0.29, 0.717) is 12.2 Å². The Labute approximate surface area is 165 Å². The molecule has 0 aliphatic carbocycles. The van der Waals surface area contributed by atoms with Gasteiger partial charge in [-0.15, -0.1) is 5.10 Å². The summed E-state index contributed by atoms with van der Waals surface area (Å²) in [6.45, 7) is 3.84. The molecule has 3 rings (SSSR count). The molecule has 0 saturated carbocycles. The summed E-state index contributed by atoms with van der Waals surface area (Å²) in [5, 5.41) is 12.8. The Morgan fingerprint density at radius 3 is 2.45 bits per heavy atom. The normalized spacial score (nSPS) is 10.6. The van der Waals surface area contributed by atoms with Crippen molar-refractivity contribution in [2.24, 2.45) is 0 Å². The van der Waals surface area contributed by atoms with E-state index >= 15 is 0 Å². The van der Waals surface area contributed by atoms with Crippen LogP contribution in [0.2, 0.25) is 0 Å². The minimum absolute atomic E-state index is 0.0129. The lowest BCUT2D eigenvalue weighted by atomic mass is 10.1. The summed E-state index contributed by atoms with van der Waals surface area (Å²) in [4.78, 5) is 24.5. The smallest absolute Gasteiger partial charge is 0.278 e. The molecule has 1 heterocycles. The van der Waals surface area contributed by atoms with Crippen LogP contribution in [-0.4, -0.2) is 26.8 Å². The van der Waals surface area contributed by atoms with E-state index in [1.807, 2.05) is 31.2 Å². The fourth-order valence-corrected chi connectivity index (χ4v) is 2.58. The number of hydrogen-bond acceptors (Lipinski definition) is 4. The van der Waals surface area contributed by atoms with E-state index in [1.165, 1.54) is 10.7 Å². The largest absolute Gasteiger partial charge is 0.350 e. The van der Waals surface area contributed by atoms with E-state index in [4.69, 9.17) is 0 Å². The van der Waals surface area contributed by atoms with Crippen molar-refractivity contribution in [2.45, 2.75) is 26.9 Å². The molecular weight excluding hydrogens is 380 g/mol. The lowest BCUT2D eigenvalue weighted by Gasteiger charge is -2.07. The Morgan fingerprint density at radius 2 is 1.76 bits per heavy atom. The van der Waals surface area contributed by atoms with E-state index in [0.717, 1.165) is 23.3 Å². The first-order chi connectivity index (χ1) is 13.8. The molecule has 2 aromatic carbocycles. The van der Waals surface area contributed by atoms with Gasteiger partial charge in [-0.05, 0) is 31.5 Å². The molecule has 0 saturated heterocycles. The van der Waals surface area contributed by atoms with Crippen LogP contribution < -0.4 is 10.6 Å². The second-order valence-electron chi connectivity index (χ2n) is 6.53. The van der Waals surface area contributed by atoms with Crippen LogP contribution in [0.3, 0.4) is 0 Å². The van der Waals surface area contributed by atoms with E-state index in [-0.39, 0.29) is 23.8 Å². The van der Waals surface area contributed by atoms with Gasteiger partial charge in [0.05, 0.1) is 5.69 Å². The number of carbonyl (C=O) groups is 2. The number of nitrogens with zero attached hydrogens (tertiary/aromatic N) is 3. The molecule has 0 aliphatic rings. The maximum atomic E-state index is 13.3. The van der Waals surface area contributed by atoms with Gasteiger partial charge in [0.1, 0.15) is 6.54 Å². The number of rotatable bonds is 6. The predicted molar refractivity (Wildman–Crippen MR) is 102 cm³/mol. The monoisotopic (exact) mass is 399 g/mol. The number of hydrogen-bond donors (Lipinski definition) is 2. The van der Waals surface area contributed by atoms with E-state index in [9.17, 15) is 18.4 Å². The van der Waals surface area contributed by atoms with Crippen LogP contribution in [0.5, 0.6) is 0 Å². The van der Waals surface area contributed by atoms with Crippen LogP contribution in [0.15, 0.2) is 42.5 Å². The highest BCUT2D eigenvalue weighted by atomic mass is 19.2. The molecule has 2 N–H and O–H groups in total. The Morgan fingerprint density at radius 1 is 1.03 bits per heavy atom. The quantitative estimate of drug-likeness (QED) is 0.667. The second kappa shape index (κ2) is 8.59. The summed E-state index contributed by atoms with van der Waals surface area (Å²) in [5.74, 6) is -3.01. The van der Waals surface area contributed by atoms with Gasteiger partial charge >= 0.3 is 0 Å². The highest BCUT2D eigenvalue weighted by molar-refractivity contribution is 6.03. The van der Waals surface area contributed by atoms with Crippen molar-refractivity contribution in [3.05, 3.63) is 76.6 Å². The summed E-state index contributed by atoms with van der Waals surface area (Å²) >= 11 is 0. The molecule has 2 amide bonds. The topological polar surface area (TPSA) is 88.9 Å². The number of carbonyl (C=O) groups excluding carboxylic acids is 2. The van der Waals surface area contributed by atoms with Crippen molar-refractivity contribution in [3.8, 4) is 0 Å². The van der Waals surface area contributed by atoms with Gasteiger partial charge in [-0.1, -0.05) is 35.0 Å². The number of aryl methyl sites for hydroxylation is 1. The maximum absolute atomic E-state index is 13.3. The summed E-state index contributed by atoms with van der Waals surface area (Å²) in [7, 11) is 0. The fourth-order valence-electron chi connectivity index (χ4n) is 2.58. The third-order valence-corrected chi connectivity index (χ3v) is 4.28. The molecular formula is C20H19F2N5O2. The van der Waals surface area contributed by atoms with Crippen LogP contribution >= 0.6 is 0 Å². The molecule has 0 radical (unpaired) electrons. The van der Waals surface area contributed by atoms with E-state index < -0.39 is 17.5 Å². The van der Waals surface area contributed by atoms with Gasteiger partial charge in [0, 0.05) is 18.3 Å². The molecule has 0 bridgehead atoms. The number of benzene rings is 2. The van der Waals surface area contributed by atoms with E-state index in [1.54, 1.807) is 6.92 Å². The summed E-state index contributed by atoms with van der Waals surface area (Å²) < 4.78 is 27.6. The van der Waals surface area contributed by atoms with Crippen molar-refractivity contribution < 1.29 is 18.4 Å². The van der Waals surface area contributed by atoms with Gasteiger partial charge in [-0.3, -0.25) is 9.59 Å². The molecule has 7 nitrogen and oxygen atoms in total. The summed E-state index contributed by atoms with van der Waals surface area (Å²) in [6, 6.07) is 10.8. The van der Waals surface area contributed by atoms with Crippen molar-refractivity contribution in [1.82, 2.24) is 20.3 Å². The molecule has 1 aromatic heterocycles. The van der Waals surface area contributed by atoms with Crippen LogP contribution in [0.25, 0.3) is 0 Å². The lowest BCUT2D eigenvalue weighted by molar-refractivity contribution is -0.122. The molecule has 0 fully saturated rings. The highest BCUT2D eigenvalue weighted by Gasteiger charge is 2.18. The molecule has 0 unspecified atom stereocenters. The number of anilines is 1. The number of halogens is 2. The zero-order chi connectivity index (χ0) is 21.0. The molecule has 0 aliphatic heterocycles. The molecule has 29 heavy (non-hydrogen) atoms. The molecule has 3 aromatic rings. The minimum Gasteiger partial charge on any atom is -0.350 e. The Bertz CT molecular complexity index is 1050. The zero-order valence-corrected chi connectivity index (χ0v) is 15.9. The average Bonchev–Trinajstić information content (AvgIpc) is 3.05. The van der Waals surface area contributed by atoms with Gasteiger partial charge in [0.25, 0.3) is 5.91 Å². The van der Waals surface area contributed by atoms with Crippen molar-refractivity contribution >= 4 is 17.5 Å². The van der Waals surface area contributed by atoms with Crippen molar-refractivity contribution in [1.29, 1.82) is 0 Å². The van der Waals surface area contributed by atoms with Gasteiger partial charge in [0.2, 0.25) is 5.91 Å². The average molecular weight is 399 g/mol. The standard InChI is InChI=1S/C20H19F2N5O2/c1-12-3-5-14(6-4-12)10-23-18(28)11-27-13(2)19(25-26-27)20(29)24-15-7-8-16(21)17(22)9-15/h3-9H,10-11H2,1-2H3,(H,23,28)(H,24,29). The summed E-state index contributed by atoms with van der Waals surface area (Å²) in [5.41, 5.74) is 2.54. The van der Waals surface area contributed by atoms with Crippen LogP contribution in [0.1, 0.15) is 27.3 Å². The van der Waals surface area contributed by atoms with Gasteiger partial charge < -0.3 is 10.6 Å². The molecule has 0 atom stereocenters. The lowest BCUT2D eigenvalue weighted by Crippen LogP contribution is -2.28. The predicted octanol–water partition coefficient (Wildman–Crippen LogP) is 2.74. The first-order valence-electron chi connectivity index (χ1n) is 8.82. The first kappa shape index (κ1) is 20.1. The number of aromatic nitrogens is 3. The summed E-state index contributed by atoms with van der Waals surface area (Å²) in [6.07, 6.45) is 0. The third-order valence-electron chi connectivity index (χ3n) is 4.28. The first-order valence-corrected chi connectivity index (χ1v) is 8.82. The fraction of sp³-hybridized carbons (Fsp3) is 0.200. The molecule has 150 valence electrons. The van der Waals surface area contributed by atoms with Crippen LogP contribution in [-0.2, 0) is 17.9 Å². The Kier molecular flexibility index (Phi) is 5.96. The number of nitrogens with one attached hydrogen (secondary N) is 2. The SMILES string of the molecule is Cc1ccc(CNC(=O)Cn2nnc(C(=O)Nc3ccc(F)c(F)c3)c2C)cc1. The minimum atomic E-state index is -1.08. The molecule has 9 heteroatoms. The zero-order valence-electron chi connectivity index (χ0n) is 15.9. The van der Waals surface area contributed by atoms with E-state index in [2.05, 4.69) is 20.9 Å². The second-order valence-corrected chi connectivity index (χ2v) is 6.53. The Balaban J connectivity index is 1.60. The maximum Gasteiger partial charge on any atom is 0.278 e.